The van der Waals surface area contributed by atoms with Crippen molar-refractivity contribution in [2.75, 3.05) is 31.1 Å². The van der Waals surface area contributed by atoms with E-state index in [-0.39, 0.29) is 11.7 Å². The van der Waals surface area contributed by atoms with E-state index in [4.69, 9.17) is 0 Å². The van der Waals surface area contributed by atoms with Gasteiger partial charge in [-0.3, -0.25) is 4.79 Å². The Kier molecular flexibility index (Phi) is 5.44. The number of benzene rings is 1. The van der Waals surface area contributed by atoms with Crippen molar-refractivity contribution in [3.63, 3.8) is 0 Å². The molecule has 0 bridgehead atoms. The first kappa shape index (κ1) is 18.2. The maximum Gasteiger partial charge on any atom is 0.254 e. The van der Waals surface area contributed by atoms with Crippen LogP contribution in [0.4, 0.5) is 10.3 Å². The van der Waals surface area contributed by atoms with E-state index in [1.807, 2.05) is 11.8 Å². The molecule has 0 spiro atoms. The van der Waals surface area contributed by atoms with Crippen LogP contribution in [-0.2, 0) is 12.8 Å². The lowest BCUT2D eigenvalue weighted by molar-refractivity contribution is 0.0745. The number of rotatable bonds is 4. The van der Waals surface area contributed by atoms with Crippen LogP contribution in [0.1, 0.15) is 41.2 Å². The lowest BCUT2D eigenvalue weighted by Gasteiger charge is -2.34. The van der Waals surface area contributed by atoms with Gasteiger partial charge < -0.3 is 9.80 Å². The molecule has 26 heavy (non-hydrogen) atoms. The third-order valence-electron chi connectivity index (χ3n) is 4.77. The average Bonchev–Trinajstić information content (AvgIpc) is 2.69. The Bertz CT molecular complexity index is 803. The molecule has 1 amide bonds. The molecule has 0 radical (unpaired) electrons. The van der Waals surface area contributed by atoms with Gasteiger partial charge in [0.25, 0.3) is 5.91 Å². The Morgan fingerprint density at radius 3 is 2.38 bits per heavy atom. The van der Waals surface area contributed by atoms with E-state index in [1.54, 1.807) is 24.0 Å². The van der Waals surface area contributed by atoms with Gasteiger partial charge >= 0.3 is 0 Å². The van der Waals surface area contributed by atoms with E-state index < -0.39 is 0 Å². The Hall–Kier alpha value is -2.57. The summed E-state index contributed by atoms with van der Waals surface area (Å²) < 4.78 is 13.7. The third kappa shape index (κ3) is 3.66. The summed E-state index contributed by atoms with van der Waals surface area (Å²) in [6.45, 7) is 8.16. The van der Waals surface area contributed by atoms with Crippen molar-refractivity contribution in [1.82, 2.24) is 20.1 Å². The van der Waals surface area contributed by atoms with Crippen molar-refractivity contribution < 1.29 is 9.18 Å². The largest absolute Gasteiger partial charge is 0.336 e. The average molecular weight is 357 g/mol. The first-order valence-corrected chi connectivity index (χ1v) is 9.06. The van der Waals surface area contributed by atoms with E-state index >= 15 is 0 Å². The van der Waals surface area contributed by atoms with Crippen molar-refractivity contribution >= 4 is 11.9 Å². The summed E-state index contributed by atoms with van der Waals surface area (Å²) in [5.74, 6) is 0.128. The maximum atomic E-state index is 13.7. The van der Waals surface area contributed by atoms with Crippen LogP contribution < -0.4 is 4.90 Å². The van der Waals surface area contributed by atoms with Gasteiger partial charge in [-0.05, 0) is 37.5 Å². The highest BCUT2D eigenvalue weighted by Gasteiger charge is 2.24. The molecule has 3 rings (SSSR count). The molecule has 0 atom stereocenters. The molecule has 1 aliphatic heterocycles. The van der Waals surface area contributed by atoms with E-state index in [9.17, 15) is 9.18 Å². The number of hydrogen-bond acceptors (Lipinski definition) is 5. The number of amides is 1. The second-order valence-corrected chi connectivity index (χ2v) is 6.46. The summed E-state index contributed by atoms with van der Waals surface area (Å²) in [6.07, 6.45) is 1.64. The molecule has 7 heteroatoms. The van der Waals surface area contributed by atoms with Crippen molar-refractivity contribution in [1.29, 1.82) is 0 Å². The molecule has 0 N–H and O–H groups in total. The van der Waals surface area contributed by atoms with Crippen LogP contribution in [0.2, 0.25) is 0 Å². The van der Waals surface area contributed by atoms with Gasteiger partial charge in [0.1, 0.15) is 5.82 Å². The monoisotopic (exact) mass is 357 g/mol. The van der Waals surface area contributed by atoms with Crippen molar-refractivity contribution in [2.45, 2.75) is 33.6 Å². The molecular weight excluding hydrogens is 333 g/mol. The minimum Gasteiger partial charge on any atom is -0.336 e. The molecule has 0 unspecified atom stereocenters. The molecule has 1 saturated heterocycles. The standard InChI is InChI=1S/C19H24FN5O/c1-4-16-17(5-2)22-23-19(21-16)25-10-8-24(9-11-25)18(26)14-7-6-13(3)15(20)12-14/h6-7,12H,4-5,8-11H2,1-3H3. The van der Waals surface area contributed by atoms with Gasteiger partial charge in [0.15, 0.2) is 0 Å². The zero-order valence-corrected chi connectivity index (χ0v) is 15.5. The van der Waals surface area contributed by atoms with Crippen LogP contribution in [0.25, 0.3) is 0 Å². The highest BCUT2D eigenvalue weighted by atomic mass is 19.1. The Morgan fingerprint density at radius 1 is 1.08 bits per heavy atom. The van der Waals surface area contributed by atoms with Crippen LogP contribution in [-0.4, -0.2) is 52.2 Å². The second kappa shape index (κ2) is 7.76. The van der Waals surface area contributed by atoms with Gasteiger partial charge in [-0.1, -0.05) is 19.9 Å². The summed E-state index contributed by atoms with van der Waals surface area (Å²) in [4.78, 5) is 21.0. The van der Waals surface area contributed by atoms with Gasteiger partial charge in [0, 0.05) is 31.7 Å². The molecule has 1 aliphatic rings. The van der Waals surface area contributed by atoms with Gasteiger partial charge in [0.2, 0.25) is 5.95 Å². The molecule has 1 aromatic carbocycles. The fourth-order valence-electron chi connectivity index (χ4n) is 3.08. The molecule has 0 saturated carbocycles. The number of carbonyl (C=O) groups excluding carboxylic acids is 1. The highest BCUT2D eigenvalue weighted by molar-refractivity contribution is 5.94. The predicted octanol–water partition coefficient (Wildman–Crippen LogP) is 2.41. The van der Waals surface area contributed by atoms with E-state index in [1.165, 1.54) is 6.07 Å². The predicted molar refractivity (Wildman–Crippen MR) is 97.8 cm³/mol. The lowest BCUT2D eigenvalue weighted by atomic mass is 10.1. The summed E-state index contributed by atoms with van der Waals surface area (Å²) in [6, 6.07) is 4.63. The summed E-state index contributed by atoms with van der Waals surface area (Å²) >= 11 is 0. The van der Waals surface area contributed by atoms with Crippen LogP contribution in [0.5, 0.6) is 0 Å². The normalized spacial score (nSPS) is 14.6. The fourth-order valence-corrected chi connectivity index (χ4v) is 3.08. The quantitative estimate of drug-likeness (QED) is 0.841. The Morgan fingerprint density at radius 2 is 1.77 bits per heavy atom. The van der Waals surface area contributed by atoms with Gasteiger partial charge in [-0.15, -0.1) is 5.10 Å². The third-order valence-corrected chi connectivity index (χ3v) is 4.77. The molecule has 6 nitrogen and oxygen atoms in total. The second-order valence-electron chi connectivity index (χ2n) is 6.46. The first-order valence-electron chi connectivity index (χ1n) is 9.06. The molecule has 2 aromatic rings. The molecule has 138 valence electrons. The minimum atomic E-state index is -0.350. The number of hydrogen-bond donors (Lipinski definition) is 0. The molecular formula is C19H24FN5O. The van der Waals surface area contributed by atoms with Gasteiger partial charge in [0.05, 0.1) is 11.4 Å². The van der Waals surface area contributed by atoms with Crippen LogP contribution >= 0.6 is 0 Å². The van der Waals surface area contributed by atoms with Gasteiger partial charge in [-0.2, -0.15) is 5.10 Å². The zero-order valence-electron chi connectivity index (χ0n) is 15.5. The summed E-state index contributed by atoms with van der Waals surface area (Å²) in [5.41, 5.74) is 2.84. The zero-order chi connectivity index (χ0) is 18.7. The van der Waals surface area contributed by atoms with E-state index in [2.05, 4.69) is 22.1 Å². The number of aromatic nitrogens is 3. The Labute approximate surface area is 153 Å². The number of nitrogens with zero attached hydrogens (tertiary/aromatic N) is 5. The number of carbonyl (C=O) groups is 1. The van der Waals surface area contributed by atoms with E-state index in [0.29, 0.717) is 43.3 Å². The highest BCUT2D eigenvalue weighted by Crippen LogP contribution is 2.16. The smallest absolute Gasteiger partial charge is 0.254 e. The SMILES string of the molecule is CCc1nnc(N2CCN(C(=O)c3ccc(C)c(F)c3)CC2)nc1CC. The number of halogens is 1. The first-order chi connectivity index (χ1) is 12.5. The van der Waals surface area contributed by atoms with Gasteiger partial charge in [-0.25, -0.2) is 9.37 Å². The fraction of sp³-hybridized carbons (Fsp3) is 0.474. The summed E-state index contributed by atoms with van der Waals surface area (Å²) in [5, 5.41) is 8.53. The van der Waals surface area contributed by atoms with Crippen molar-refractivity contribution in [3.8, 4) is 0 Å². The number of piperazine rings is 1. The van der Waals surface area contributed by atoms with Crippen molar-refractivity contribution in [3.05, 3.63) is 46.5 Å². The minimum absolute atomic E-state index is 0.141. The number of aryl methyl sites for hydroxylation is 3. The van der Waals surface area contributed by atoms with Crippen LogP contribution in [0.15, 0.2) is 18.2 Å². The van der Waals surface area contributed by atoms with Crippen molar-refractivity contribution in [2.24, 2.45) is 0 Å². The molecule has 1 aromatic heterocycles. The molecule has 1 fully saturated rings. The molecule has 0 aliphatic carbocycles. The van der Waals surface area contributed by atoms with E-state index in [0.717, 1.165) is 24.2 Å². The molecule has 2 heterocycles. The van der Waals surface area contributed by atoms with Crippen LogP contribution in [0, 0.1) is 12.7 Å². The lowest BCUT2D eigenvalue weighted by Crippen LogP contribution is -2.49. The summed E-state index contributed by atoms with van der Waals surface area (Å²) in [7, 11) is 0. The number of anilines is 1. The van der Waals surface area contributed by atoms with Crippen LogP contribution in [0.3, 0.4) is 0 Å². The topological polar surface area (TPSA) is 62.2 Å². The Balaban J connectivity index is 1.67. The maximum absolute atomic E-state index is 13.7.